The molecule has 1 aliphatic heterocycles. The van der Waals surface area contributed by atoms with Gasteiger partial charge < -0.3 is 15.0 Å². The molecular formula is C24H23FN4O2. The molecule has 0 aliphatic carbocycles. The Hall–Kier alpha value is -3.45. The minimum atomic E-state index is -0.355. The highest BCUT2D eigenvalue weighted by Crippen LogP contribution is 2.30. The van der Waals surface area contributed by atoms with Crippen molar-refractivity contribution in [2.24, 2.45) is 0 Å². The second-order valence-corrected chi connectivity index (χ2v) is 7.93. The summed E-state index contributed by atoms with van der Waals surface area (Å²) in [5, 5.41) is 12.8. The van der Waals surface area contributed by atoms with Crippen molar-refractivity contribution in [1.82, 2.24) is 14.9 Å². The molecule has 31 heavy (non-hydrogen) atoms. The molecule has 0 radical (unpaired) electrons. The van der Waals surface area contributed by atoms with Crippen molar-refractivity contribution in [1.29, 1.82) is 0 Å². The van der Waals surface area contributed by atoms with Crippen LogP contribution in [0.25, 0.3) is 21.7 Å². The maximum atomic E-state index is 13.5. The molecule has 158 valence electrons. The summed E-state index contributed by atoms with van der Waals surface area (Å²) in [7, 11) is 0. The first-order chi connectivity index (χ1) is 15.1. The van der Waals surface area contributed by atoms with Gasteiger partial charge in [-0.1, -0.05) is 12.1 Å². The maximum absolute atomic E-state index is 13.5. The number of H-pyrrole nitrogens is 1. The number of phenols is 1. The Balaban J connectivity index is 1.28. The summed E-state index contributed by atoms with van der Waals surface area (Å²) < 4.78 is 13.5. The van der Waals surface area contributed by atoms with Gasteiger partial charge in [0.15, 0.2) is 0 Å². The van der Waals surface area contributed by atoms with Crippen molar-refractivity contribution in [3.05, 3.63) is 76.5 Å². The molecule has 1 aliphatic rings. The van der Waals surface area contributed by atoms with Gasteiger partial charge in [-0.3, -0.25) is 9.69 Å². The lowest BCUT2D eigenvalue weighted by Gasteiger charge is -2.36. The molecule has 5 rings (SSSR count). The summed E-state index contributed by atoms with van der Waals surface area (Å²) in [6.45, 7) is 4.26. The highest BCUT2D eigenvalue weighted by molar-refractivity contribution is 5.96. The molecule has 3 heterocycles. The normalized spacial score (nSPS) is 15.1. The lowest BCUT2D eigenvalue weighted by atomic mass is 10.1. The number of piperazine rings is 1. The van der Waals surface area contributed by atoms with E-state index in [1.54, 1.807) is 24.4 Å². The van der Waals surface area contributed by atoms with Crippen LogP contribution in [0.4, 0.5) is 10.2 Å². The molecule has 4 aromatic rings. The van der Waals surface area contributed by atoms with Crippen molar-refractivity contribution >= 4 is 27.5 Å². The maximum Gasteiger partial charge on any atom is 0.248 e. The van der Waals surface area contributed by atoms with E-state index in [-0.39, 0.29) is 17.1 Å². The fourth-order valence-corrected chi connectivity index (χ4v) is 4.40. The van der Waals surface area contributed by atoms with Crippen LogP contribution in [-0.2, 0) is 6.42 Å². The van der Waals surface area contributed by atoms with E-state index in [1.165, 1.54) is 12.1 Å². The molecular weight excluding hydrogens is 395 g/mol. The number of pyridine rings is 2. The van der Waals surface area contributed by atoms with E-state index in [9.17, 15) is 14.3 Å². The first kappa shape index (κ1) is 19.5. The van der Waals surface area contributed by atoms with Crippen molar-refractivity contribution in [3.8, 4) is 5.75 Å². The molecule has 0 atom stereocenters. The van der Waals surface area contributed by atoms with E-state index in [1.807, 2.05) is 18.2 Å². The van der Waals surface area contributed by atoms with E-state index in [0.29, 0.717) is 5.52 Å². The summed E-state index contributed by atoms with van der Waals surface area (Å²) in [6, 6.07) is 13.5. The van der Waals surface area contributed by atoms with Gasteiger partial charge in [-0.05, 0) is 42.3 Å². The third kappa shape index (κ3) is 3.84. The Kier molecular flexibility index (Phi) is 5.03. The number of anilines is 1. The minimum Gasteiger partial charge on any atom is -0.507 e. The number of fused-ring (bicyclic) bond motifs is 2. The number of rotatable bonds is 4. The summed E-state index contributed by atoms with van der Waals surface area (Å²) in [6.07, 6.45) is 2.47. The third-order valence-electron chi connectivity index (χ3n) is 6.02. The molecule has 2 aromatic heterocycles. The van der Waals surface area contributed by atoms with Crippen LogP contribution in [0.15, 0.2) is 59.5 Å². The predicted molar refractivity (Wildman–Crippen MR) is 120 cm³/mol. The number of benzene rings is 2. The van der Waals surface area contributed by atoms with Crippen LogP contribution < -0.4 is 10.5 Å². The van der Waals surface area contributed by atoms with Crippen LogP contribution in [0.1, 0.15) is 5.56 Å². The molecule has 0 unspecified atom stereocenters. The number of hydrogen-bond acceptors (Lipinski definition) is 5. The van der Waals surface area contributed by atoms with Gasteiger partial charge in [0.2, 0.25) is 5.56 Å². The SMILES string of the molecule is O=c1cc(CCN2CCN(c3nccc4c(O)cccc34)CC2)c2ccc(F)cc2[nH]1. The molecule has 0 amide bonds. The zero-order valence-corrected chi connectivity index (χ0v) is 17.0. The molecule has 7 heteroatoms. The molecule has 2 aromatic carbocycles. The van der Waals surface area contributed by atoms with E-state index in [4.69, 9.17) is 0 Å². The number of phenolic OH excluding ortho intramolecular Hbond substituents is 1. The lowest BCUT2D eigenvalue weighted by Crippen LogP contribution is -2.47. The first-order valence-corrected chi connectivity index (χ1v) is 10.4. The molecule has 0 spiro atoms. The Morgan fingerprint density at radius 2 is 1.84 bits per heavy atom. The third-order valence-corrected chi connectivity index (χ3v) is 6.02. The zero-order valence-electron chi connectivity index (χ0n) is 17.0. The predicted octanol–water partition coefficient (Wildman–Crippen LogP) is 3.29. The number of hydrogen-bond donors (Lipinski definition) is 2. The number of nitrogens with one attached hydrogen (secondary N) is 1. The van der Waals surface area contributed by atoms with Gasteiger partial charge in [0.25, 0.3) is 0 Å². The van der Waals surface area contributed by atoms with Crippen molar-refractivity contribution in [2.45, 2.75) is 6.42 Å². The van der Waals surface area contributed by atoms with Gasteiger partial charge >= 0.3 is 0 Å². The summed E-state index contributed by atoms with van der Waals surface area (Å²) in [5.74, 6) is 0.812. The second kappa shape index (κ2) is 8.00. The molecule has 0 saturated carbocycles. The van der Waals surface area contributed by atoms with Crippen LogP contribution in [-0.4, -0.2) is 52.7 Å². The lowest BCUT2D eigenvalue weighted by molar-refractivity contribution is 0.261. The van der Waals surface area contributed by atoms with E-state index < -0.39 is 0 Å². The Morgan fingerprint density at radius 1 is 1.00 bits per heavy atom. The van der Waals surface area contributed by atoms with Gasteiger partial charge in [-0.25, -0.2) is 9.37 Å². The molecule has 2 N–H and O–H groups in total. The standard InChI is InChI=1S/C24H23FN4O2/c25-17-4-5-18-16(14-23(31)27-21(18)15-17)7-9-28-10-12-29(13-11-28)24-20-2-1-3-22(30)19(20)6-8-26-24/h1-6,8,14-15,30H,7,9-13H2,(H,27,31). The summed E-state index contributed by atoms with van der Waals surface area (Å²) in [5.41, 5.74) is 1.27. The number of nitrogens with zero attached hydrogens (tertiary/aromatic N) is 3. The van der Waals surface area contributed by atoms with Crippen molar-refractivity contribution in [3.63, 3.8) is 0 Å². The van der Waals surface area contributed by atoms with Crippen LogP contribution in [0, 0.1) is 5.82 Å². The highest BCUT2D eigenvalue weighted by atomic mass is 19.1. The fourth-order valence-electron chi connectivity index (χ4n) is 4.40. The van der Waals surface area contributed by atoms with Gasteiger partial charge in [0, 0.05) is 61.1 Å². The van der Waals surface area contributed by atoms with Crippen molar-refractivity contribution in [2.75, 3.05) is 37.6 Å². The minimum absolute atomic E-state index is 0.205. The smallest absolute Gasteiger partial charge is 0.248 e. The number of aromatic amines is 1. The Labute approximate surface area is 178 Å². The van der Waals surface area contributed by atoms with Gasteiger partial charge in [0.1, 0.15) is 17.4 Å². The zero-order chi connectivity index (χ0) is 21.4. The topological polar surface area (TPSA) is 72.5 Å². The van der Waals surface area contributed by atoms with Gasteiger partial charge in [0.05, 0.1) is 5.52 Å². The number of aromatic nitrogens is 2. The van der Waals surface area contributed by atoms with Crippen LogP contribution in [0.2, 0.25) is 0 Å². The highest BCUT2D eigenvalue weighted by Gasteiger charge is 2.20. The second-order valence-electron chi connectivity index (χ2n) is 7.93. The van der Waals surface area contributed by atoms with Gasteiger partial charge in [-0.15, -0.1) is 0 Å². The average Bonchev–Trinajstić information content (AvgIpc) is 2.77. The van der Waals surface area contributed by atoms with E-state index >= 15 is 0 Å². The number of aromatic hydroxyl groups is 1. The molecule has 1 fully saturated rings. The summed E-state index contributed by atoms with van der Waals surface area (Å²) >= 11 is 0. The quantitative estimate of drug-likeness (QED) is 0.532. The van der Waals surface area contributed by atoms with Crippen LogP contribution >= 0.6 is 0 Å². The molecule has 6 nitrogen and oxygen atoms in total. The molecule has 0 bridgehead atoms. The van der Waals surface area contributed by atoms with Gasteiger partial charge in [-0.2, -0.15) is 0 Å². The largest absolute Gasteiger partial charge is 0.507 e. The Morgan fingerprint density at radius 3 is 2.68 bits per heavy atom. The average molecular weight is 418 g/mol. The van der Waals surface area contributed by atoms with Crippen LogP contribution in [0.3, 0.4) is 0 Å². The fraction of sp³-hybridized carbons (Fsp3) is 0.250. The van der Waals surface area contributed by atoms with E-state index in [0.717, 1.165) is 66.7 Å². The van der Waals surface area contributed by atoms with Crippen molar-refractivity contribution < 1.29 is 9.50 Å². The molecule has 1 saturated heterocycles. The Bertz CT molecular complexity index is 1310. The first-order valence-electron chi connectivity index (χ1n) is 10.4. The monoisotopic (exact) mass is 418 g/mol. The van der Waals surface area contributed by atoms with Crippen LogP contribution in [0.5, 0.6) is 5.75 Å². The number of halogens is 1. The van der Waals surface area contributed by atoms with E-state index in [2.05, 4.69) is 19.8 Å². The summed E-state index contributed by atoms with van der Waals surface area (Å²) in [4.78, 5) is 23.9.